The average molecular weight is 211 g/mol. The summed E-state index contributed by atoms with van der Waals surface area (Å²) in [6.45, 7) is 6.75. The fourth-order valence-electron chi connectivity index (χ4n) is 3.05. The van der Waals surface area contributed by atoms with Crippen LogP contribution in [0.15, 0.2) is 0 Å². The van der Waals surface area contributed by atoms with Gasteiger partial charge in [-0.25, -0.2) is 0 Å². The molecule has 0 spiro atoms. The lowest BCUT2D eigenvalue weighted by Crippen LogP contribution is -2.49. The Bertz CT molecular complexity index is 254. The smallest absolute Gasteiger partial charge is 0.303 e. The summed E-state index contributed by atoms with van der Waals surface area (Å²) in [5.41, 5.74) is 0. The van der Waals surface area contributed by atoms with Gasteiger partial charge in [-0.3, -0.25) is 9.69 Å². The fraction of sp³-hybridized carbons (Fsp3) is 0.917. The second-order valence-electron chi connectivity index (χ2n) is 5.39. The van der Waals surface area contributed by atoms with Gasteiger partial charge in [-0.1, -0.05) is 13.8 Å². The predicted molar refractivity (Wildman–Crippen MR) is 58.7 cm³/mol. The summed E-state index contributed by atoms with van der Waals surface area (Å²) < 4.78 is 0. The molecule has 1 saturated heterocycles. The lowest BCUT2D eigenvalue weighted by atomic mass is 9.71. The number of likely N-dealkylation sites (tertiary alicyclic amines) is 1. The largest absolute Gasteiger partial charge is 0.481 e. The fourth-order valence-corrected chi connectivity index (χ4v) is 3.05. The first-order valence-corrected chi connectivity index (χ1v) is 6.03. The van der Waals surface area contributed by atoms with Crippen molar-refractivity contribution in [3.05, 3.63) is 0 Å². The van der Waals surface area contributed by atoms with Gasteiger partial charge in [-0.15, -0.1) is 0 Å². The standard InChI is InChI=1S/C12H21NO2/c1-8-5-11(9(8)2)13-4-3-10(7-13)6-12(14)15/h8-11H,3-7H2,1-2H3,(H,14,15). The molecule has 1 saturated carbocycles. The third kappa shape index (κ3) is 2.17. The first-order valence-electron chi connectivity index (χ1n) is 6.03. The lowest BCUT2D eigenvalue weighted by Gasteiger charge is -2.46. The monoisotopic (exact) mass is 211 g/mol. The van der Waals surface area contributed by atoms with E-state index in [0.29, 0.717) is 12.3 Å². The van der Waals surface area contributed by atoms with E-state index in [1.807, 2.05) is 0 Å². The number of nitrogens with zero attached hydrogens (tertiary/aromatic N) is 1. The van der Waals surface area contributed by atoms with Gasteiger partial charge in [0, 0.05) is 19.0 Å². The highest BCUT2D eigenvalue weighted by Gasteiger charge is 2.40. The number of carbonyl (C=O) groups is 1. The van der Waals surface area contributed by atoms with E-state index < -0.39 is 5.97 Å². The topological polar surface area (TPSA) is 40.5 Å². The summed E-state index contributed by atoms with van der Waals surface area (Å²) in [5.74, 6) is 1.41. The van der Waals surface area contributed by atoms with E-state index in [0.717, 1.165) is 37.4 Å². The van der Waals surface area contributed by atoms with Gasteiger partial charge in [0.15, 0.2) is 0 Å². The molecule has 0 aromatic carbocycles. The van der Waals surface area contributed by atoms with Crippen LogP contribution in [0, 0.1) is 17.8 Å². The van der Waals surface area contributed by atoms with Crippen molar-refractivity contribution in [2.24, 2.45) is 17.8 Å². The minimum atomic E-state index is -0.642. The molecule has 1 N–H and O–H groups in total. The molecule has 2 aliphatic rings. The molecule has 0 radical (unpaired) electrons. The van der Waals surface area contributed by atoms with E-state index in [4.69, 9.17) is 5.11 Å². The summed E-state index contributed by atoms with van der Waals surface area (Å²) in [5, 5.41) is 8.75. The second kappa shape index (κ2) is 4.12. The molecular weight excluding hydrogens is 190 g/mol. The molecule has 0 aromatic rings. The Balaban J connectivity index is 1.80. The molecule has 4 unspecified atom stereocenters. The molecule has 0 bridgehead atoms. The number of aliphatic carboxylic acids is 1. The van der Waals surface area contributed by atoms with E-state index in [9.17, 15) is 4.79 Å². The molecule has 3 nitrogen and oxygen atoms in total. The van der Waals surface area contributed by atoms with E-state index in [1.54, 1.807) is 0 Å². The summed E-state index contributed by atoms with van der Waals surface area (Å²) in [6, 6.07) is 0.735. The quantitative estimate of drug-likeness (QED) is 0.774. The molecule has 0 aromatic heterocycles. The van der Waals surface area contributed by atoms with Crippen molar-refractivity contribution in [1.29, 1.82) is 0 Å². The Morgan fingerprint density at radius 2 is 2.20 bits per heavy atom. The van der Waals surface area contributed by atoms with Crippen LogP contribution in [-0.2, 0) is 4.79 Å². The van der Waals surface area contributed by atoms with Crippen LogP contribution in [0.5, 0.6) is 0 Å². The molecule has 0 amide bonds. The summed E-state index contributed by atoms with van der Waals surface area (Å²) in [6.07, 6.45) is 2.73. The van der Waals surface area contributed by atoms with Gasteiger partial charge in [0.2, 0.25) is 0 Å². The number of hydrogen-bond donors (Lipinski definition) is 1. The number of hydrogen-bond acceptors (Lipinski definition) is 2. The van der Waals surface area contributed by atoms with Gasteiger partial charge in [0.25, 0.3) is 0 Å². The third-order valence-corrected chi connectivity index (χ3v) is 4.37. The maximum atomic E-state index is 10.6. The Morgan fingerprint density at radius 1 is 1.47 bits per heavy atom. The van der Waals surface area contributed by atoms with Crippen molar-refractivity contribution < 1.29 is 9.90 Å². The average Bonchev–Trinajstić information content (AvgIpc) is 2.60. The number of carboxylic acid groups (broad SMARTS) is 1. The summed E-state index contributed by atoms with van der Waals surface area (Å²) in [4.78, 5) is 13.1. The highest BCUT2D eigenvalue weighted by Crippen LogP contribution is 2.39. The molecule has 4 atom stereocenters. The zero-order valence-electron chi connectivity index (χ0n) is 9.65. The Hall–Kier alpha value is -0.570. The highest BCUT2D eigenvalue weighted by atomic mass is 16.4. The normalized spacial score (nSPS) is 41.5. The number of carboxylic acids is 1. The van der Waals surface area contributed by atoms with Gasteiger partial charge in [0.1, 0.15) is 0 Å². The molecule has 1 aliphatic heterocycles. The molecule has 1 aliphatic carbocycles. The van der Waals surface area contributed by atoms with E-state index >= 15 is 0 Å². The molecule has 2 rings (SSSR count). The zero-order chi connectivity index (χ0) is 11.0. The molecular formula is C12H21NO2. The maximum Gasteiger partial charge on any atom is 0.303 e. The summed E-state index contributed by atoms with van der Waals surface area (Å²) >= 11 is 0. The van der Waals surface area contributed by atoms with Crippen LogP contribution in [0.3, 0.4) is 0 Å². The van der Waals surface area contributed by atoms with Crippen LogP contribution < -0.4 is 0 Å². The SMILES string of the molecule is CC1CC(N2CCC(CC(=O)O)C2)C1C. The van der Waals surface area contributed by atoms with Gasteiger partial charge in [-0.05, 0) is 37.1 Å². The molecule has 15 heavy (non-hydrogen) atoms. The Morgan fingerprint density at radius 3 is 2.73 bits per heavy atom. The minimum Gasteiger partial charge on any atom is -0.481 e. The van der Waals surface area contributed by atoms with Crippen LogP contribution in [0.25, 0.3) is 0 Å². The van der Waals surface area contributed by atoms with Crippen LogP contribution in [0.1, 0.15) is 33.1 Å². The van der Waals surface area contributed by atoms with E-state index in [-0.39, 0.29) is 0 Å². The lowest BCUT2D eigenvalue weighted by molar-refractivity contribution is -0.138. The van der Waals surface area contributed by atoms with Crippen LogP contribution in [0.4, 0.5) is 0 Å². The predicted octanol–water partition coefficient (Wildman–Crippen LogP) is 1.83. The van der Waals surface area contributed by atoms with Gasteiger partial charge in [-0.2, -0.15) is 0 Å². The van der Waals surface area contributed by atoms with Crippen LogP contribution >= 0.6 is 0 Å². The van der Waals surface area contributed by atoms with E-state index in [1.165, 1.54) is 6.42 Å². The van der Waals surface area contributed by atoms with Crippen molar-refractivity contribution in [3.63, 3.8) is 0 Å². The van der Waals surface area contributed by atoms with Crippen molar-refractivity contribution >= 4 is 5.97 Å². The zero-order valence-corrected chi connectivity index (χ0v) is 9.65. The van der Waals surface area contributed by atoms with Crippen molar-refractivity contribution in [2.75, 3.05) is 13.1 Å². The molecule has 3 heteroatoms. The Labute approximate surface area is 91.5 Å². The minimum absolute atomic E-state index is 0.354. The van der Waals surface area contributed by atoms with Crippen molar-refractivity contribution in [1.82, 2.24) is 4.90 Å². The maximum absolute atomic E-state index is 10.6. The van der Waals surface area contributed by atoms with Gasteiger partial charge < -0.3 is 5.11 Å². The molecule has 86 valence electrons. The highest BCUT2D eigenvalue weighted by molar-refractivity contribution is 5.67. The summed E-state index contributed by atoms with van der Waals surface area (Å²) in [7, 11) is 0. The Kier molecular flexibility index (Phi) is 3.01. The van der Waals surface area contributed by atoms with Crippen molar-refractivity contribution in [3.8, 4) is 0 Å². The molecule has 2 fully saturated rings. The van der Waals surface area contributed by atoms with Gasteiger partial charge in [0.05, 0.1) is 0 Å². The van der Waals surface area contributed by atoms with Crippen LogP contribution in [-0.4, -0.2) is 35.1 Å². The first-order chi connectivity index (χ1) is 7.08. The van der Waals surface area contributed by atoms with Crippen LogP contribution in [0.2, 0.25) is 0 Å². The first kappa shape index (κ1) is 10.9. The second-order valence-corrected chi connectivity index (χ2v) is 5.39. The molecule has 1 heterocycles. The van der Waals surface area contributed by atoms with Crippen molar-refractivity contribution in [2.45, 2.75) is 39.2 Å². The number of rotatable bonds is 3. The van der Waals surface area contributed by atoms with Gasteiger partial charge >= 0.3 is 5.97 Å². The van der Waals surface area contributed by atoms with E-state index in [2.05, 4.69) is 18.7 Å². The third-order valence-electron chi connectivity index (χ3n) is 4.37.